The minimum Gasteiger partial charge on any atom is -0.391 e. The lowest BCUT2D eigenvalue weighted by atomic mass is 9.41. The van der Waals surface area contributed by atoms with Crippen LogP contribution in [0.3, 0.4) is 0 Å². The molecule has 0 fully saturated rings. The van der Waals surface area contributed by atoms with E-state index in [-0.39, 0.29) is 23.7 Å². The molecule has 1 N–H and O–H groups in total. The fourth-order valence-corrected chi connectivity index (χ4v) is 1.63. The molecule has 1 aromatic carbocycles. The SMILES string of the molecule is [B]C([B])([B])c1onc(-c2ccc(F)cc2)c1CO. The van der Waals surface area contributed by atoms with E-state index in [9.17, 15) is 9.50 Å². The van der Waals surface area contributed by atoms with E-state index in [0.717, 1.165) is 0 Å². The third-order valence-corrected chi connectivity index (χ3v) is 2.46. The molecule has 0 aliphatic heterocycles. The quantitative estimate of drug-likeness (QED) is 0.794. The Hall–Kier alpha value is -1.49. The first-order valence-electron chi connectivity index (χ1n) is 5.16. The maximum absolute atomic E-state index is 12.8. The smallest absolute Gasteiger partial charge is 0.124 e. The van der Waals surface area contributed by atoms with Crippen LogP contribution in [0.4, 0.5) is 4.39 Å². The molecule has 84 valence electrons. The Morgan fingerprint density at radius 1 is 1.22 bits per heavy atom. The molecule has 0 aliphatic carbocycles. The van der Waals surface area contributed by atoms with E-state index >= 15 is 0 Å². The minimum atomic E-state index is -1.73. The summed E-state index contributed by atoms with van der Waals surface area (Å²) < 4.78 is 17.8. The zero-order chi connectivity index (χ0) is 13.3. The zero-order valence-electron chi connectivity index (χ0n) is 9.43. The van der Waals surface area contributed by atoms with Crippen molar-refractivity contribution in [2.45, 2.75) is 11.7 Å². The molecular weight excluding hydrogens is 230 g/mol. The van der Waals surface area contributed by atoms with Gasteiger partial charge in [-0.25, -0.2) is 4.39 Å². The minimum absolute atomic E-state index is 0.00988. The molecule has 0 bridgehead atoms. The Bertz CT molecular complexity index is 548. The molecule has 1 aromatic heterocycles. The number of hydrogen-bond donors (Lipinski definition) is 1. The van der Waals surface area contributed by atoms with Gasteiger partial charge in [0.25, 0.3) is 0 Å². The Labute approximate surface area is 108 Å². The van der Waals surface area contributed by atoms with Crippen LogP contribution >= 0.6 is 0 Å². The van der Waals surface area contributed by atoms with Gasteiger partial charge in [0.1, 0.15) is 17.3 Å². The Morgan fingerprint density at radius 2 is 1.83 bits per heavy atom. The van der Waals surface area contributed by atoms with Gasteiger partial charge in [0.05, 0.1) is 30.1 Å². The normalized spacial score (nSPS) is 11.7. The van der Waals surface area contributed by atoms with Crippen molar-refractivity contribution in [2.24, 2.45) is 0 Å². The molecule has 2 rings (SSSR count). The maximum atomic E-state index is 12.8. The maximum Gasteiger partial charge on any atom is 0.124 e. The number of aliphatic hydroxyl groups is 1. The molecule has 0 atom stereocenters. The van der Waals surface area contributed by atoms with Gasteiger partial charge in [-0.1, -0.05) is 10.3 Å². The molecule has 6 radical (unpaired) electrons. The van der Waals surface area contributed by atoms with Crippen LogP contribution in [0.1, 0.15) is 11.3 Å². The summed E-state index contributed by atoms with van der Waals surface area (Å²) in [6.07, 6.45) is 0. The fourth-order valence-electron chi connectivity index (χ4n) is 1.63. The topological polar surface area (TPSA) is 46.3 Å². The Balaban J connectivity index is 2.52. The second-order valence-electron chi connectivity index (χ2n) is 3.94. The number of rotatable bonds is 3. The first kappa shape index (κ1) is 13.0. The molecule has 0 spiro atoms. The van der Waals surface area contributed by atoms with Gasteiger partial charge in [0.15, 0.2) is 0 Å². The van der Waals surface area contributed by atoms with Crippen LogP contribution in [0.25, 0.3) is 11.3 Å². The summed E-state index contributed by atoms with van der Waals surface area (Å²) in [5.74, 6) is -0.386. The molecule has 0 aliphatic rings. The summed E-state index contributed by atoms with van der Waals surface area (Å²) in [6.45, 7) is -0.390. The third kappa shape index (κ3) is 2.36. The van der Waals surface area contributed by atoms with Crippen molar-refractivity contribution >= 4 is 23.5 Å². The van der Waals surface area contributed by atoms with Crippen LogP contribution in [0.15, 0.2) is 28.8 Å². The van der Waals surface area contributed by atoms with E-state index in [1.165, 1.54) is 24.3 Å². The van der Waals surface area contributed by atoms with Crippen molar-refractivity contribution in [1.29, 1.82) is 0 Å². The average Bonchev–Trinajstić information content (AvgIpc) is 2.73. The molecular formula is C11H7B3FNO2. The summed E-state index contributed by atoms with van der Waals surface area (Å²) in [4.78, 5) is 0. The molecule has 3 nitrogen and oxygen atoms in total. The van der Waals surface area contributed by atoms with Gasteiger partial charge in [0, 0.05) is 11.1 Å². The Kier molecular flexibility index (Phi) is 3.35. The van der Waals surface area contributed by atoms with E-state index < -0.39 is 5.11 Å². The number of benzene rings is 1. The van der Waals surface area contributed by atoms with Crippen LogP contribution < -0.4 is 0 Å². The van der Waals surface area contributed by atoms with Crippen molar-refractivity contribution in [3.63, 3.8) is 0 Å². The van der Waals surface area contributed by atoms with Gasteiger partial charge in [-0.3, -0.25) is 0 Å². The number of nitrogens with zero attached hydrogens (tertiary/aromatic N) is 1. The number of aromatic nitrogens is 1. The highest BCUT2D eigenvalue weighted by Crippen LogP contribution is 2.29. The van der Waals surface area contributed by atoms with Crippen molar-refractivity contribution < 1.29 is 14.0 Å². The van der Waals surface area contributed by atoms with Gasteiger partial charge in [-0.15, -0.1) is 0 Å². The van der Waals surface area contributed by atoms with E-state index in [4.69, 9.17) is 28.1 Å². The van der Waals surface area contributed by atoms with Gasteiger partial charge in [0.2, 0.25) is 0 Å². The van der Waals surface area contributed by atoms with Gasteiger partial charge >= 0.3 is 0 Å². The molecule has 7 heteroatoms. The van der Waals surface area contributed by atoms with Gasteiger partial charge in [-0.2, -0.15) is 0 Å². The first-order valence-corrected chi connectivity index (χ1v) is 5.16. The zero-order valence-corrected chi connectivity index (χ0v) is 9.43. The van der Waals surface area contributed by atoms with E-state index in [1.54, 1.807) is 0 Å². The molecule has 2 aromatic rings. The van der Waals surface area contributed by atoms with E-state index in [0.29, 0.717) is 11.3 Å². The summed E-state index contributed by atoms with van der Waals surface area (Å²) >= 11 is 0. The number of hydrogen-bond acceptors (Lipinski definition) is 3. The van der Waals surface area contributed by atoms with Crippen molar-refractivity contribution in [3.05, 3.63) is 41.4 Å². The largest absolute Gasteiger partial charge is 0.391 e. The predicted octanol–water partition coefficient (Wildman–Crippen LogP) is 0.589. The second-order valence-corrected chi connectivity index (χ2v) is 3.94. The summed E-state index contributed by atoms with van der Waals surface area (Å²) in [6, 6.07) is 5.54. The lowest BCUT2D eigenvalue weighted by Crippen LogP contribution is -2.27. The second kappa shape index (κ2) is 4.65. The third-order valence-electron chi connectivity index (χ3n) is 2.46. The molecule has 0 unspecified atom stereocenters. The highest BCUT2D eigenvalue weighted by molar-refractivity contribution is 6.58. The van der Waals surface area contributed by atoms with Crippen LogP contribution in [-0.2, 0) is 11.7 Å². The summed E-state index contributed by atoms with van der Waals surface area (Å²) in [5, 5.41) is 11.3. The predicted molar refractivity (Wildman–Crippen MR) is 66.8 cm³/mol. The summed E-state index contributed by atoms with van der Waals surface area (Å²) in [5.41, 5.74) is 1.19. The van der Waals surface area contributed by atoms with Gasteiger partial charge in [-0.05, 0) is 24.3 Å². The molecule has 0 saturated carbocycles. The Morgan fingerprint density at radius 3 is 2.33 bits per heavy atom. The van der Waals surface area contributed by atoms with Crippen LogP contribution in [-0.4, -0.2) is 33.8 Å². The van der Waals surface area contributed by atoms with Gasteiger partial charge < -0.3 is 9.63 Å². The lowest BCUT2D eigenvalue weighted by molar-refractivity contribution is 0.277. The number of halogens is 1. The van der Waals surface area contributed by atoms with Crippen LogP contribution in [0, 0.1) is 5.82 Å². The lowest BCUT2D eigenvalue weighted by Gasteiger charge is -2.16. The van der Waals surface area contributed by atoms with Crippen molar-refractivity contribution in [3.8, 4) is 11.3 Å². The fraction of sp³-hybridized carbons (Fsp3) is 0.182. The van der Waals surface area contributed by atoms with Crippen molar-refractivity contribution in [1.82, 2.24) is 5.16 Å². The monoisotopic (exact) mass is 237 g/mol. The highest BCUT2D eigenvalue weighted by atomic mass is 19.1. The molecule has 1 heterocycles. The van der Waals surface area contributed by atoms with E-state index in [2.05, 4.69) is 5.16 Å². The standard InChI is InChI=1S/C11H7B3FNO2/c12-11(13,14)10-8(5-17)9(16-18-10)6-1-3-7(15)4-2-6/h1-4,17H,5H2. The molecule has 0 saturated heterocycles. The average molecular weight is 237 g/mol. The van der Waals surface area contributed by atoms with E-state index in [1.807, 2.05) is 0 Å². The molecule has 18 heavy (non-hydrogen) atoms. The molecule has 0 amide bonds. The van der Waals surface area contributed by atoms with Crippen LogP contribution in [0.2, 0.25) is 0 Å². The summed E-state index contributed by atoms with van der Waals surface area (Å²) in [7, 11) is 16.5. The first-order chi connectivity index (χ1) is 8.43. The van der Waals surface area contributed by atoms with Crippen LogP contribution in [0.5, 0.6) is 0 Å². The highest BCUT2D eigenvalue weighted by Gasteiger charge is 2.25. The number of aliphatic hydroxyl groups excluding tert-OH is 1. The van der Waals surface area contributed by atoms with Crippen molar-refractivity contribution in [2.75, 3.05) is 0 Å².